The van der Waals surface area contributed by atoms with Crippen molar-refractivity contribution in [2.75, 3.05) is 0 Å². The molecule has 135 heavy (non-hydrogen) atoms. The van der Waals surface area contributed by atoms with Crippen molar-refractivity contribution >= 4 is 63.1 Å². The fourth-order valence-electron chi connectivity index (χ4n) is 20.3. The van der Waals surface area contributed by atoms with Gasteiger partial charge in [0.2, 0.25) is 0 Å². The highest BCUT2D eigenvalue weighted by molar-refractivity contribution is 7.81. The van der Waals surface area contributed by atoms with E-state index in [9.17, 15) is 0 Å². The molecule has 15 heteroatoms. The first-order valence-electron chi connectivity index (χ1n) is 51.2. The van der Waals surface area contributed by atoms with Gasteiger partial charge in [0.15, 0.2) is 0 Å². The summed E-state index contributed by atoms with van der Waals surface area (Å²) in [5.41, 5.74) is 13.7. The molecule has 0 amide bonds. The molecule has 0 N–H and O–H groups in total. The van der Waals surface area contributed by atoms with E-state index in [4.69, 9.17) is 23.7 Å². The molecule has 10 aromatic rings. The van der Waals surface area contributed by atoms with Gasteiger partial charge in [-0.2, -0.15) is 0 Å². The van der Waals surface area contributed by atoms with Gasteiger partial charge in [0.25, 0.3) is 0 Å². The third-order valence-corrected chi connectivity index (χ3v) is 30.3. The van der Waals surface area contributed by atoms with Crippen LogP contribution in [-0.4, -0.2) is 0 Å². The lowest BCUT2D eigenvalue weighted by Gasteiger charge is -2.29. The molecular formula is C120H165F5O5S5. The summed E-state index contributed by atoms with van der Waals surface area (Å²) >= 11 is 21.5. The van der Waals surface area contributed by atoms with Gasteiger partial charge in [-0.1, -0.05) is 284 Å². The third-order valence-electron chi connectivity index (χ3n) is 28.8. The van der Waals surface area contributed by atoms with E-state index in [1.165, 1.54) is 312 Å². The maximum Gasteiger partial charge on any atom is 0.119 e. The van der Waals surface area contributed by atoms with E-state index in [2.05, 4.69) is 219 Å². The van der Waals surface area contributed by atoms with Crippen molar-refractivity contribution in [2.24, 2.45) is 29.6 Å². The topological polar surface area (TPSA) is 46.2 Å². The van der Waals surface area contributed by atoms with E-state index in [1.807, 2.05) is 121 Å². The molecule has 0 unspecified atom stereocenters. The summed E-state index contributed by atoms with van der Waals surface area (Å²) in [7, 11) is 0. The molecular weight excluding hydrogens is 1780 g/mol. The lowest BCUT2D eigenvalue weighted by Crippen LogP contribution is -2.13. The summed E-state index contributed by atoms with van der Waals surface area (Å²) in [5.74, 6) is 13.2. The predicted molar refractivity (Wildman–Crippen MR) is 579 cm³/mol. The van der Waals surface area contributed by atoms with Crippen LogP contribution in [0.5, 0.6) is 28.7 Å². The first-order valence-corrected chi connectivity index (χ1v) is 53.5. The van der Waals surface area contributed by atoms with Crippen LogP contribution in [0.1, 0.15) is 377 Å². The van der Waals surface area contributed by atoms with Crippen LogP contribution in [0, 0.1) is 29.6 Å². The average Bonchev–Trinajstić information content (AvgIpc) is 0.871. The lowest BCUT2D eigenvalue weighted by atomic mass is 9.77. The summed E-state index contributed by atoms with van der Waals surface area (Å²) in [6.45, 7) is 14.6. The van der Waals surface area contributed by atoms with Crippen LogP contribution < -0.4 is 23.7 Å². The normalized spacial score (nSPS) is 19.3. The molecule has 5 fully saturated rings. The van der Waals surface area contributed by atoms with E-state index in [0.717, 1.165) is 112 Å². The van der Waals surface area contributed by atoms with Gasteiger partial charge in [-0.15, -0.1) is 63.1 Å². The molecule has 10 aromatic carbocycles. The SMILES string of the molecule is CCCCCC1CCC(c2ccc(COc3ccc(S)cc3)cc2)CC1.CCCCCC1CCC(c2ccc(COc3ccc(S)cc3)cc2)CC1.CCCCCC1CCC(c2ccc(COc3ccc(S)cc3)cc2)CC1.CCCCCC1CCC(c2ccc(COc3ccc(S)cc3)cc2)CC1.CCCCCC1CCC(c2ccc(COc3ccc(S)cc3)cc2)CC1.F.F.F.F.F. The van der Waals surface area contributed by atoms with Gasteiger partial charge in [0.05, 0.1) is 0 Å². The Morgan fingerprint density at radius 2 is 0.311 bits per heavy atom. The van der Waals surface area contributed by atoms with E-state index in [-0.39, 0.29) is 23.5 Å². The van der Waals surface area contributed by atoms with Crippen molar-refractivity contribution in [3.05, 3.63) is 298 Å². The van der Waals surface area contributed by atoms with Gasteiger partial charge in [0, 0.05) is 24.5 Å². The minimum absolute atomic E-state index is 0. The predicted octanol–water partition coefficient (Wildman–Crippen LogP) is 37.8. The highest BCUT2D eigenvalue weighted by Gasteiger charge is 2.28. The molecule has 15 rings (SSSR count). The quantitative estimate of drug-likeness (QED) is 0.0151. The Bertz CT molecular complexity index is 3920. The molecule has 740 valence electrons. The Kier molecular flexibility index (Phi) is 57.8. The highest BCUT2D eigenvalue weighted by atomic mass is 32.1. The molecule has 0 atom stereocenters. The van der Waals surface area contributed by atoms with E-state index < -0.39 is 0 Å². The number of ether oxygens (including phenoxy) is 5. The number of hydrogen-bond acceptors (Lipinski definition) is 10. The molecule has 0 radical (unpaired) electrons. The van der Waals surface area contributed by atoms with Crippen LogP contribution in [0.15, 0.2) is 267 Å². The van der Waals surface area contributed by atoms with Gasteiger partial charge in [-0.25, -0.2) is 0 Å². The fourth-order valence-corrected chi connectivity index (χ4v) is 21.1. The molecule has 5 aliphatic carbocycles. The fraction of sp³-hybridized carbons (Fsp3) is 0.500. The maximum absolute atomic E-state index is 5.86. The molecule has 0 aliphatic heterocycles. The van der Waals surface area contributed by atoms with Crippen LogP contribution in [-0.2, 0) is 33.0 Å². The van der Waals surface area contributed by atoms with Crippen LogP contribution in [0.3, 0.4) is 0 Å². The number of thiol groups is 5. The Balaban J connectivity index is 0.000000257. The largest absolute Gasteiger partial charge is 0.489 e. The Morgan fingerprint density at radius 3 is 0.437 bits per heavy atom. The van der Waals surface area contributed by atoms with Crippen molar-refractivity contribution in [3.63, 3.8) is 0 Å². The molecule has 0 spiro atoms. The second-order valence-electron chi connectivity index (χ2n) is 38.7. The zero-order valence-corrected chi connectivity index (χ0v) is 86.5. The van der Waals surface area contributed by atoms with Crippen molar-refractivity contribution in [3.8, 4) is 28.7 Å². The van der Waals surface area contributed by atoms with Crippen LogP contribution in [0.2, 0.25) is 0 Å². The monoisotopic (exact) mass is 1940 g/mol. The van der Waals surface area contributed by atoms with Crippen molar-refractivity contribution in [1.29, 1.82) is 0 Å². The Morgan fingerprint density at radius 1 is 0.178 bits per heavy atom. The Hall–Kier alpha value is -7.40. The van der Waals surface area contributed by atoms with Gasteiger partial charge in [-0.05, 0) is 365 Å². The Labute approximate surface area is 839 Å². The van der Waals surface area contributed by atoms with Crippen LogP contribution in [0.4, 0.5) is 23.5 Å². The smallest absolute Gasteiger partial charge is 0.119 e. The maximum atomic E-state index is 5.86. The molecule has 0 aromatic heterocycles. The van der Waals surface area contributed by atoms with Gasteiger partial charge >= 0.3 is 0 Å². The lowest BCUT2D eigenvalue weighted by molar-refractivity contribution is 0.301. The number of benzene rings is 10. The zero-order chi connectivity index (χ0) is 91.0. The van der Waals surface area contributed by atoms with E-state index >= 15 is 0 Å². The van der Waals surface area contributed by atoms with Gasteiger partial charge in [0.1, 0.15) is 61.8 Å². The van der Waals surface area contributed by atoms with Crippen molar-refractivity contribution in [1.82, 2.24) is 0 Å². The molecule has 5 nitrogen and oxygen atoms in total. The van der Waals surface area contributed by atoms with E-state index in [1.54, 1.807) is 0 Å². The molecule has 0 saturated heterocycles. The standard InChI is InChI=1S/5C24H32OS.5FH/c5*1-2-3-4-5-19-6-10-21(11-7-19)22-12-8-20(9-13-22)18-25-23-14-16-24(26)17-15-23;;;;;/h5*8-9,12-17,19,21,26H,2-7,10-11,18H2,1H3;5*1H. The second-order valence-corrected chi connectivity index (χ2v) is 41.3. The third kappa shape index (κ3) is 43.5. The van der Waals surface area contributed by atoms with Gasteiger partial charge < -0.3 is 23.7 Å². The van der Waals surface area contributed by atoms with E-state index in [0.29, 0.717) is 33.0 Å². The molecule has 0 bridgehead atoms. The van der Waals surface area contributed by atoms with Crippen molar-refractivity contribution < 1.29 is 47.2 Å². The summed E-state index contributed by atoms with van der Waals surface area (Å²) in [6, 6.07) is 84.8. The summed E-state index contributed by atoms with van der Waals surface area (Å²) in [6.07, 6.45) is 55.9. The minimum atomic E-state index is 0. The average molecular weight is 1940 g/mol. The van der Waals surface area contributed by atoms with Crippen LogP contribution in [0.25, 0.3) is 0 Å². The molecule has 5 aliphatic rings. The summed E-state index contributed by atoms with van der Waals surface area (Å²) in [5, 5.41) is 0. The summed E-state index contributed by atoms with van der Waals surface area (Å²) < 4.78 is 29.3. The minimum Gasteiger partial charge on any atom is -0.489 e. The van der Waals surface area contributed by atoms with Gasteiger partial charge in [-0.3, -0.25) is 23.5 Å². The number of halogens is 5. The van der Waals surface area contributed by atoms with Crippen molar-refractivity contribution in [2.45, 2.75) is 379 Å². The summed E-state index contributed by atoms with van der Waals surface area (Å²) in [4.78, 5) is 4.80. The molecule has 5 saturated carbocycles. The molecule has 0 heterocycles. The first kappa shape index (κ1) is 116. The van der Waals surface area contributed by atoms with Crippen LogP contribution >= 0.6 is 63.1 Å². The highest BCUT2D eigenvalue weighted by Crippen LogP contribution is 2.44. The number of hydrogen-bond donors (Lipinski definition) is 5. The number of unbranched alkanes of at least 4 members (excludes halogenated alkanes) is 10. The first-order chi connectivity index (χ1) is 63.7. The number of rotatable bonds is 40. The zero-order valence-electron chi connectivity index (χ0n) is 82.0. The second kappa shape index (κ2) is 67.0.